The minimum Gasteiger partial charge on any atom is -0.383 e. The minimum atomic E-state index is 0.0661. The van der Waals surface area contributed by atoms with Gasteiger partial charge in [0.2, 0.25) is 5.91 Å². The van der Waals surface area contributed by atoms with Gasteiger partial charge in [-0.1, -0.05) is 6.42 Å². The van der Waals surface area contributed by atoms with Crippen molar-refractivity contribution in [3.8, 4) is 0 Å². The molecule has 3 rings (SSSR count). The molecule has 28 heavy (non-hydrogen) atoms. The summed E-state index contributed by atoms with van der Waals surface area (Å²) in [4.78, 5) is 21.0. The molecule has 3 fully saturated rings. The number of rotatable bonds is 8. The molecule has 0 aromatic heterocycles. The smallest absolute Gasteiger partial charge is 0.234 e. The van der Waals surface area contributed by atoms with E-state index >= 15 is 0 Å². The van der Waals surface area contributed by atoms with Crippen molar-refractivity contribution in [3.05, 3.63) is 0 Å². The summed E-state index contributed by atoms with van der Waals surface area (Å²) in [6.45, 7) is 7.97. The molecule has 2 N–H and O–H groups in total. The first-order valence-corrected chi connectivity index (χ1v) is 10.7. The molecule has 1 spiro atoms. The SMILES string of the molecule is CCOC1CC(NC(=NC)N2CCN(CC(=O)NCCOC)CC2)C12CCC2. The molecule has 0 radical (unpaired) electrons. The number of methoxy groups -OCH3 is 1. The fourth-order valence-corrected chi connectivity index (χ4v) is 4.76. The second-order valence-corrected chi connectivity index (χ2v) is 8.12. The van der Waals surface area contributed by atoms with E-state index in [4.69, 9.17) is 9.47 Å². The average molecular weight is 396 g/mol. The van der Waals surface area contributed by atoms with Gasteiger partial charge >= 0.3 is 0 Å². The topological polar surface area (TPSA) is 78.4 Å². The Balaban J connectivity index is 1.43. The third-order valence-corrected chi connectivity index (χ3v) is 6.62. The maximum atomic E-state index is 12.0. The molecule has 8 nitrogen and oxygen atoms in total. The van der Waals surface area contributed by atoms with Crippen molar-refractivity contribution in [2.75, 3.05) is 66.6 Å². The Bertz CT molecular complexity index is 544. The van der Waals surface area contributed by atoms with E-state index in [2.05, 4.69) is 32.3 Å². The van der Waals surface area contributed by atoms with Crippen molar-refractivity contribution in [2.45, 2.75) is 44.8 Å². The second-order valence-electron chi connectivity index (χ2n) is 8.12. The molecule has 1 aliphatic heterocycles. The van der Waals surface area contributed by atoms with Crippen molar-refractivity contribution >= 4 is 11.9 Å². The summed E-state index contributed by atoms with van der Waals surface area (Å²) in [5.41, 5.74) is 0.327. The molecule has 1 saturated heterocycles. The number of carbonyl (C=O) groups is 1. The monoisotopic (exact) mass is 395 g/mol. The van der Waals surface area contributed by atoms with Crippen LogP contribution in [0.3, 0.4) is 0 Å². The van der Waals surface area contributed by atoms with Crippen LogP contribution in [0.2, 0.25) is 0 Å². The number of hydrogen-bond donors (Lipinski definition) is 2. The van der Waals surface area contributed by atoms with Crippen molar-refractivity contribution in [3.63, 3.8) is 0 Å². The van der Waals surface area contributed by atoms with Gasteiger partial charge in [0.1, 0.15) is 0 Å². The summed E-state index contributed by atoms with van der Waals surface area (Å²) in [7, 11) is 3.50. The van der Waals surface area contributed by atoms with Gasteiger partial charge in [-0.3, -0.25) is 14.7 Å². The van der Waals surface area contributed by atoms with Crippen LogP contribution in [-0.2, 0) is 14.3 Å². The molecule has 0 bridgehead atoms. The van der Waals surface area contributed by atoms with Crippen LogP contribution >= 0.6 is 0 Å². The van der Waals surface area contributed by atoms with Crippen LogP contribution in [0.4, 0.5) is 0 Å². The average Bonchev–Trinajstić information content (AvgIpc) is 2.64. The van der Waals surface area contributed by atoms with Gasteiger partial charge in [0, 0.05) is 64.9 Å². The van der Waals surface area contributed by atoms with E-state index in [1.165, 1.54) is 19.3 Å². The first-order chi connectivity index (χ1) is 13.6. The lowest BCUT2D eigenvalue weighted by atomic mass is 9.51. The zero-order chi connectivity index (χ0) is 20.0. The molecule has 1 heterocycles. The van der Waals surface area contributed by atoms with Crippen LogP contribution in [0.25, 0.3) is 0 Å². The van der Waals surface area contributed by atoms with E-state index in [0.717, 1.165) is 45.2 Å². The molecular weight excluding hydrogens is 358 g/mol. The number of ether oxygens (including phenoxy) is 2. The van der Waals surface area contributed by atoms with Gasteiger partial charge in [-0.25, -0.2) is 0 Å². The van der Waals surface area contributed by atoms with E-state index < -0.39 is 0 Å². The lowest BCUT2D eigenvalue weighted by Gasteiger charge is -2.61. The highest BCUT2D eigenvalue weighted by molar-refractivity contribution is 5.81. The molecule has 2 saturated carbocycles. The van der Waals surface area contributed by atoms with E-state index in [1.54, 1.807) is 7.11 Å². The molecular formula is C20H37N5O3. The Hall–Kier alpha value is -1.38. The van der Waals surface area contributed by atoms with Crippen LogP contribution < -0.4 is 10.6 Å². The molecule has 8 heteroatoms. The highest BCUT2D eigenvalue weighted by atomic mass is 16.5. The largest absolute Gasteiger partial charge is 0.383 e. The van der Waals surface area contributed by atoms with Crippen LogP contribution in [0.5, 0.6) is 0 Å². The van der Waals surface area contributed by atoms with Crippen molar-refractivity contribution in [1.29, 1.82) is 0 Å². The maximum absolute atomic E-state index is 12.0. The molecule has 2 aliphatic carbocycles. The minimum absolute atomic E-state index is 0.0661. The van der Waals surface area contributed by atoms with Crippen molar-refractivity contribution < 1.29 is 14.3 Å². The third-order valence-electron chi connectivity index (χ3n) is 6.62. The molecule has 0 aromatic carbocycles. The Kier molecular flexibility index (Phi) is 7.54. The third kappa shape index (κ3) is 4.60. The number of hydrogen-bond acceptors (Lipinski definition) is 5. The zero-order valence-electron chi connectivity index (χ0n) is 17.7. The van der Waals surface area contributed by atoms with Crippen molar-refractivity contribution in [1.82, 2.24) is 20.4 Å². The number of carbonyl (C=O) groups excluding carboxylic acids is 1. The summed E-state index contributed by atoms with van der Waals surface area (Å²) in [5.74, 6) is 1.06. The number of nitrogens with zero attached hydrogens (tertiary/aromatic N) is 3. The van der Waals surface area contributed by atoms with Crippen LogP contribution in [0, 0.1) is 5.41 Å². The van der Waals surface area contributed by atoms with Crippen LogP contribution in [0.1, 0.15) is 32.6 Å². The fraction of sp³-hybridized carbons (Fsp3) is 0.900. The summed E-state index contributed by atoms with van der Waals surface area (Å²) in [5, 5.41) is 6.61. The zero-order valence-corrected chi connectivity index (χ0v) is 17.7. The molecule has 3 aliphatic rings. The van der Waals surface area contributed by atoms with E-state index in [9.17, 15) is 4.79 Å². The quantitative estimate of drug-likeness (QED) is 0.349. The molecule has 0 aromatic rings. The Morgan fingerprint density at radius 2 is 2.00 bits per heavy atom. The lowest BCUT2D eigenvalue weighted by molar-refractivity contribution is -0.169. The van der Waals surface area contributed by atoms with E-state index in [0.29, 0.717) is 37.3 Å². The maximum Gasteiger partial charge on any atom is 0.234 e. The highest BCUT2D eigenvalue weighted by Crippen LogP contribution is 2.57. The predicted molar refractivity (Wildman–Crippen MR) is 109 cm³/mol. The van der Waals surface area contributed by atoms with Crippen LogP contribution in [0.15, 0.2) is 4.99 Å². The number of piperazine rings is 1. The second kappa shape index (κ2) is 9.89. The van der Waals surface area contributed by atoms with Gasteiger partial charge in [-0.2, -0.15) is 0 Å². The Morgan fingerprint density at radius 1 is 1.25 bits per heavy atom. The van der Waals surface area contributed by atoms with E-state index in [1.807, 2.05) is 7.05 Å². The molecule has 2 unspecified atom stereocenters. The summed E-state index contributed by atoms with van der Waals surface area (Å²) >= 11 is 0. The summed E-state index contributed by atoms with van der Waals surface area (Å²) < 4.78 is 10.9. The highest BCUT2D eigenvalue weighted by Gasteiger charge is 2.59. The fourth-order valence-electron chi connectivity index (χ4n) is 4.76. The van der Waals surface area contributed by atoms with Gasteiger partial charge in [-0.05, 0) is 26.2 Å². The van der Waals surface area contributed by atoms with Gasteiger partial charge in [-0.15, -0.1) is 0 Å². The predicted octanol–water partition coefficient (Wildman–Crippen LogP) is 0.290. The molecule has 2 atom stereocenters. The summed E-state index contributed by atoms with van der Waals surface area (Å²) in [6, 6.07) is 0.473. The first kappa shape index (κ1) is 21.3. The standard InChI is InChI=1S/C20H37N5O3/c1-4-28-17-14-16(20(17)6-5-7-20)23-19(21-2)25-11-9-24(10-12-25)15-18(26)22-8-13-27-3/h16-17H,4-15H2,1-3H3,(H,21,23)(H,22,26). The van der Waals surface area contributed by atoms with Gasteiger partial charge in [0.15, 0.2) is 5.96 Å². The van der Waals surface area contributed by atoms with Gasteiger partial charge < -0.3 is 25.0 Å². The van der Waals surface area contributed by atoms with Crippen LogP contribution in [-0.4, -0.2) is 100 Å². The number of guanidine groups is 1. The normalized spacial score (nSPS) is 27.2. The number of nitrogens with one attached hydrogen (secondary N) is 2. The molecule has 160 valence electrons. The summed E-state index contributed by atoms with van der Waals surface area (Å²) in [6.07, 6.45) is 5.33. The van der Waals surface area contributed by atoms with Gasteiger partial charge in [0.25, 0.3) is 0 Å². The van der Waals surface area contributed by atoms with Crippen molar-refractivity contribution in [2.24, 2.45) is 10.4 Å². The number of aliphatic imine (C=N–C) groups is 1. The first-order valence-electron chi connectivity index (χ1n) is 10.7. The van der Waals surface area contributed by atoms with E-state index in [-0.39, 0.29) is 5.91 Å². The Labute approximate surface area is 169 Å². The lowest BCUT2D eigenvalue weighted by Crippen LogP contribution is -2.69. The molecule has 1 amide bonds. The number of amides is 1. The Morgan fingerprint density at radius 3 is 2.57 bits per heavy atom. The van der Waals surface area contributed by atoms with Gasteiger partial charge in [0.05, 0.1) is 19.3 Å².